The molecule has 1 N–H and O–H groups in total. The van der Waals surface area contributed by atoms with Gasteiger partial charge in [0.25, 0.3) is 0 Å². The van der Waals surface area contributed by atoms with Gasteiger partial charge in [-0.2, -0.15) is 11.8 Å². The van der Waals surface area contributed by atoms with Crippen LogP contribution in [0.3, 0.4) is 0 Å². The molecule has 0 aliphatic rings. The Morgan fingerprint density at radius 3 is 2.81 bits per heavy atom. The molecule has 1 aromatic rings. The highest BCUT2D eigenvalue weighted by Crippen LogP contribution is 2.21. The summed E-state index contributed by atoms with van der Waals surface area (Å²) >= 11 is 1.63. The molecule has 0 radical (unpaired) electrons. The molecule has 1 atom stereocenters. The number of methoxy groups -OCH3 is 1. The molecule has 0 spiro atoms. The van der Waals surface area contributed by atoms with Gasteiger partial charge in [-0.3, -0.25) is 0 Å². The Morgan fingerprint density at radius 2 is 2.25 bits per heavy atom. The van der Waals surface area contributed by atoms with Crippen LogP contribution in [0.1, 0.15) is 12.5 Å². The van der Waals surface area contributed by atoms with E-state index < -0.39 is 0 Å². The molecular weight excluding hydrogens is 227 g/mol. The van der Waals surface area contributed by atoms with Gasteiger partial charge in [0.2, 0.25) is 0 Å². The number of hydrogen-bond acceptors (Lipinski definition) is 3. The van der Waals surface area contributed by atoms with Crippen molar-refractivity contribution < 1.29 is 14.2 Å². The maximum Gasteiger partial charge on any atom is 0.130 e. The van der Waals surface area contributed by atoms with Crippen molar-refractivity contribution >= 4 is 11.8 Å². The molecule has 0 heterocycles. The van der Waals surface area contributed by atoms with E-state index in [1.54, 1.807) is 23.9 Å². The first-order valence-corrected chi connectivity index (χ1v) is 6.34. The molecule has 0 saturated carbocycles. The zero-order valence-corrected chi connectivity index (χ0v) is 10.4. The second-order valence-corrected chi connectivity index (χ2v) is 4.79. The molecule has 90 valence electrons. The lowest BCUT2D eigenvalue weighted by atomic mass is 10.2. The second-order valence-electron chi connectivity index (χ2n) is 3.76. The highest BCUT2D eigenvalue weighted by molar-refractivity contribution is 7.98. The number of hydrogen-bond donors (Lipinski definition) is 1. The van der Waals surface area contributed by atoms with Gasteiger partial charge in [0.1, 0.15) is 11.6 Å². The first kappa shape index (κ1) is 13.3. The number of rotatable bonds is 6. The van der Waals surface area contributed by atoms with Crippen LogP contribution in [0.25, 0.3) is 0 Å². The topological polar surface area (TPSA) is 29.5 Å². The van der Waals surface area contributed by atoms with Crippen molar-refractivity contribution in [3.63, 3.8) is 0 Å². The predicted molar refractivity (Wildman–Crippen MR) is 65.4 cm³/mol. The van der Waals surface area contributed by atoms with Crippen molar-refractivity contribution in [2.75, 3.05) is 19.5 Å². The fourth-order valence-electron chi connectivity index (χ4n) is 1.19. The van der Waals surface area contributed by atoms with Crippen molar-refractivity contribution in [2.24, 2.45) is 5.92 Å². The minimum absolute atomic E-state index is 0.179. The van der Waals surface area contributed by atoms with Crippen molar-refractivity contribution in [3.8, 4) is 5.75 Å². The summed E-state index contributed by atoms with van der Waals surface area (Å²) in [6, 6.07) is 4.89. The van der Waals surface area contributed by atoms with Crippen LogP contribution in [-0.4, -0.2) is 24.6 Å². The maximum absolute atomic E-state index is 13.5. The fraction of sp³-hybridized carbons (Fsp3) is 0.500. The number of thioether (sulfide) groups is 1. The van der Waals surface area contributed by atoms with E-state index in [9.17, 15) is 4.39 Å². The summed E-state index contributed by atoms with van der Waals surface area (Å²) in [7, 11) is 1.52. The Bertz CT molecular complexity index is 331. The standard InChI is InChI=1S/C12H17FO2S/c1-9(6-14)7-16-8-10-3-4-11(15-2)5-12(10)13/h3-5,9,14H,6-8H2,1-2H3. The highest BCUT2D eigenvalue weighted by atomic mass is 32.2. The van der Waals surface area contributed by atoms with Gasteiger partial charge in [0.05, 0.1) is 7.11 Å². The van der Waals surface area contributed by atoms with Crippen molar-refractivity contribution in [3.05, 3.63) is 29.6 Å². The van der Waals surface area contributed by atoms with Gasteiger partial charge in [-0.05, 0) is 23.3 Å². The third-order valence-corrected chi connectivity index (χ3v) is 3.55. The van der Waals surface area contributed by atoms with Crippen LogP contribution in [0.5, 0.6) is 5.75 Å². The Kier molecular flexibility index (Phi) is 5.63. The van der Waals surface area contributed by atoms with Crippen molar-refractivity contribution in [1.82, 2.24) is 0 Å². The molecule has 1 rings (SSSR count). The highest BCUT2D eigenvalue weighted by Gasteiger charge is 2.05. The van der Waals surface area contributed by atoms with Crippen molar-refractivity contribution in [1.29, 1.82) is 0 Å². The molecule has 0 aliphatic carbocycles. The number of halogens is 1. The van der Waals surface area contributed by atoms with Gasteiger partial charge in [-0.1, -0.05) is 13.0 Å². The molecule has 0 fully saturated rings. The minimum atomic E-state index is -0.233. The number of aliphatic hydroxyl groups excluding tert-OH is 1. The molecule has 4 heteroatoms. The quantitative estimate of drug-likeness (QED) is 0.834. The maximum atomic E-state index is 13.5. The largest absolute Gasteiger partial charge is 0.497 e. The summed E-state index contributed by atoms with van der Waals surface area (Å²) in [6.07, 6.45) is 0. The summed E-state index contributed by atoms with van der Waals surface area (Å²) < 4.78 is 18.4. The van der Waals surface area contributed by atoms with E-state index in [0.717, 1.165) is 5.75 Å². The van der Waals surface area contributed by atoms with Crippen LogP contribution in [-0.2, 0) is 5.75 Å². The normalized spacial score (nSPS) is 12.5. The van der Waals surface area contributed by atoms with Gasteiger partial charge < -0.3 is 9.84 Å². The molecule has 0 bridgehead atoms. The van der Waals surface area contributed by atoms with Gasteiger partial charge in [0.15, 0.2) is 0 Å². The van der Waals surface area contributed by atoms with Gasteiger partial charge in [-0.15, -0.1) is 0 Å². The van der Waals surface area contributed by atoms with E-state index in [1.165, 1.54) is 13.2 Å². The fourth-order valence-corrected chi connectivity index (χ4v) is 2.27. The molecular formula is C12H17FO2S. The van der Waals surface area contributed by atoms with E-state index in [1.807, 2.05) is 6.92 Å². The lowest BCUT2D eigenvalue weighted by Gasteiger charge is -2.08. The first-order valence-electron chi connectivity index (χ1n) is 5.18. The summed E-state index contributed by atoms with van der Waals surface area (Å²) in [5.41, 5.74) is 0.677. The second kappa shape index (κ2) is 6.76. The number of ether oxygens (including phenoxy) is 1. The predicted octanol–water partition coefficient (Wildman–Crippen LogP) is 2.70. The zero-order valence-electron chi connectivity index (χ0n) is 9.57. The van der Waals surface area contributed by atoms with E-state index in [-0.39, 0.29) is 18.3 Å². The Hall–Kier alpha value is -0.740. The average molecular weight is 244 g/mol. The third kappa shape index (κ3) is 4.02. The van der Waals surface area contributed by atoms with Crippen LogP contribution in [0, 0.1) is 11.7 Å². The van der Waals surface area contributed by atoms with E-state index in [0.29, 0.717) is 17.1 Å². The lowest BCUT2D eigenvalue weighted by Crippen LogP contribution is -2.03. The lowest BCUT2D eigenvalue weighted by molar-refractivity contribution is 0.250. The Labute approximate surface area is 99.8 Å². The third-order valence-electron chi connectivity index (χ3n) is 2.23. The van der Waals surface area contributed by atoms with Crippen LogP contribution in [0.4, 0.5) is 4.39 Å². The van der Waals surface area contributed by atoms with Crippen LogP contribution < -0.4 is 4.74 Å². The van der Waals surface area contributed by atoms with E-state index >= 15 is 0 Å². The number of benzene rings is 1. The van der Waals surface area contributed by atoms with Crippen LogP contribution in [0.15, 0.2) is 18.2 Å². The van der Waals surface area contributed by atoms with E-state index in [2.05, 4.69) is 0 Å². The molecule has 2 nitrogen and oxygen atoms in total. The smallest absolute Gasteiger partial charge is 0.130 e. The molecule has 16 heavy (non-hydrogen) atoms. The van der Waals surface area contributed by atoms with Gasteiger partial charge in [0, 0.05) is 18.4 Å². The molecule has 0 amide bonds. The summed E-state index contributed by atoms with van der Waals surface area (Å²) in [4.78, 5) is 0. The zero-order chi connectivity index (χ0) is 12.0. The average Bonchev–Trinajstić information content (AvgIpc) is 2.30. The summed E-state index contributed by atoms with van der Waals surface area (Å²) in [6.45, 7) is 2.15. The van der Waals surface area contributed by atoms with Gasteiger partial charge in [-0.25, -0.2) is 4.39 Å². The van der Waals surface area contributed by atoms with E-state index in [4.69, 9.17) is 9.84 Å². The van der Waals surface area contributed by atoms with Crippen LogP contribution >= 0.6 is 11.8 Å². The first-order chi connectivity index (χ1) is 7.67. The van der Waals surface area contributed by atoms with Crippen LogP contribution in [0.2, 0.25) is 0 Å². The summed E-state index contributed by atoms with van der Waals surface area (Å²) in [5.74, 6) is 2.02. The minimum Gasteiger partial charge on any atom is -0.497 e. The van der Waals surface area contributed by atoms with Crippen molar-refractivity contribution in [2.45, 2.75) is 12.7 Å². The number of aliphatic hydroxyl groups is 1. The Balaban J connectivity index is 2.48. The molecule has 1 unspecified atom stereocenters. The molecule has 0 aromatic heterocycles. The SMILES string of the molecule is COc1ccc(CSCC(C)CO)c(F)c1. The molecule has 0 saturated heterocycles. The Morgan fingerprint density at radius 1 is 1.50 bits per heavy atom. The van der Waals surface area contributed by atoms with Gasteiger partial charge >= 0.3 is 0 Å². The summed E-state index contributed by atoms with van der Waals surface area (Å²) in [5, 5.41) is 8.85. The molecule has 1 aromatic carbocycles. The molecule has 0 aliphatic heterocycles. The monoisotopic (exact) mass is 244 g/mol.